The van der Waals surface area contributed by atoms with E-state index in [4.69, 9.17) is 4.74 Å². The second-order valence-electron chi connectivity index (χ2n) is 9.45. The third kappa shape index (κ3) is 6.02. The molecule has 0 saturated carbocycles. The number of rotatable bonds is 11. The summed E-state index contributed by atoms with van der Waals surface area (Å²) < 4.78 is 7.44. The molecular weight excluding hydrogens is 448 g/mol. The zero-order valence-electron chi connectivity index (χ0n) is 20.7. The molecule has 1 saturated heterocycles. The molecule has 1 fully saturated rings. The minimum absolute atomic E-state index is 0.318. The van der Waals surface area contributed by atoms with Crippen LogP contribution in [0.25, 0.3) is 10.1 Å². The summed E-state index contributed by atoms with van der Waals surface area (Å²) in [7, 11) is 0. The van der Waals surface area contributed by atoms with Crippen LogP contribution in [-0.4, -0.2) is 55.2 Å². The van der Waals surface area contributed by atoms with Crippen LogP contribution < -0.4 is 0 Å². The molecule has 3 nitrogen and oxygen atoms in total. The van der Waals surface area contributed by atoms with Gasteiger partial charge in [0, 0.05) is 30.4 Å². The first-order valence-electron chi connectivity index (χ1n) is 12.9. The van der Waals surface area contributed by atoms with E-state index in [1.165, 1.54) is 33.2 Å². The highest BCUT2D eigenvalue weighted by Gasteiger charge is 2.32. The average Bonchev–Trinajstić information content (AvgIpc) is 3.57. The van der Waals surface area contributed by atoms with Crippen molar-refractivity contribution in [2.45, 2.75) is 31.8 Å². The van der Waals surface area contributed by atoms with E-state index in [1.807, 2.05) is 0 Å². The Morgan fingerprint density at radius 3 is 2.40 bits per heavy atom. The lowest BCUT2D eigenvalue weighted by Crippen LogP contribution is -2.40. The van der Waals surface area contributed by atoms with Gasteiger partial charge in [0.05, 0.1) is 19.3 Å². The zero-order valence-corrected chi connectivity index (χ0v) is 21.5. The largest absolute Gasteiger partial charge is 0.380 e. The van der Waals surface area contributed by atoms with Gasteiger partial charge < -0.3 is 4.74 Å². The smallest absolute Gasteiger partial charge is 0.0602 e. The van der Waals surface area contributed by atoms with Crippen LogP contribution in [0, 0.1) is 0 Å². The van der Waals surface area contributed by atoms with Crippen molar-refractivity contribution in [3.8, 4) is 0 Å². The average molecular weight is 485 g/mol. The van der Waals surface area contributed by atoms with Crippen molar-refractivity contribution >= 4 is 21.4 Å². The molecule has 35 heavy (non-hydrogen) atoms. The Morgan fingerprint density at radius 1 is 0.943 bits per heavy atom. The molecule has 4 heteroatoms. The first-order chi connectivity index (χ1) is 17.3. The third-order valence-electron chi connectivity index (χ3n) is 7.29. The lowest BCUT2D eigenvalue weighted by molar-refractivity contribution is 0.0906. The highest BCUT2D eigenvalue weighted by Crippen LogP contribution is 2.32. The maximum Gasteiger partial charge on any atom is 0.0602 e. The van der Waals surface area contributed by atoms with Crippen LogP contribution in [0.2, 0.25) is 0 Å². The number of nitrogens with zero attached hydrogens (tertiary/aromatic N) is 2. The monoisotopic (exact) mass is 484 g/mol. The molecule has 1 unspecified atom stereocenters. The fourth-order valence-corrected chi connectivity index (χ4v) is 6.20. The topological polar surface area (TPSA) is 15.7 Å². The van der Waals surface area contributed by atoms with Gasteiger partial charge in [-0.05, 0) is 59.0 Å². The highest BCUT2D eigenvalue weighted by atomic mass is 32.1. The summed E-state index contributed by atoms with van der Waals surface area (Å²) in [6.07, 6.45) is 2.19. The molecule has 0 N–H and O–H groups in total. The van der Waals surface area contributed by atoms with E-state index in [0.717, 1.165) is 45.8 Å². The predicted molar refractivity (Wildman–Crippen MR) is 148 cm³/mol. The Labute approximate surface area is 214 Å². The zero-order chi connectivity index (χ0) is 23.9. The minimum Gasteiger partial charge on any atom is -0.380 e. The Hall–Kier alpha value is -2.50. The van der Waals surface area contributed by atoms with E-state index < -0.39 is 0 Å². The second-order valence-corrected chi connectivity index (χ2v) is 10.4. The Kier molecular flexibility index (Phi) is 8.27. The van der Waals surface area contributed by atoms with Gasteiger partial charge in [0.15, 0.2) is 0 Å². The SMILES string of the molecule is CCN(CCOCCc1ccc2sccc2c1)C1CCN(C(c2ccccc2)c2ccccc2)C1. The Balaban J connectivity index is 1.14. The minimum atomic E-state index is 0.318. The van der Waals surface area contributed by atoms with Crippen molar-refractivity contribution < 1.29 is 4.74 Å². The molecule has 0 amide bonds. The van der Waals surface area contributed by atoms with Gasteiger partial charge in [-0.25, -0.2) is 0 Å². The van der Waals surface area contributed by atoms with Crippen molar-refractivity contribution in [3.05, 3.63) is 107 Å². The van der Waals surface area contributed by atoms with E-state index in [0.29, 0.717) is 12.1 Å². The first-order valence-corrected chi connectivity index (χ1v) is 13.8. The van der Waals surface area contributed by atoms with Gasteiger partial charge in [-0.15, -0.1) is 11.3 Å². The number of thiophene rings is 1. The molecule has 0 bridgehead atoms. The fraction of sp³-hybridized carbons (Fsp3) is 0.355. The van der Waals surface area contributed by atoms with Crippen molar-refractivity contribution in [1.29, 1.82) is 0 Å². The molecule has 0 aliphatic carbocycles. The van der Waals surface area contributed by atoms with E-state index in [-0.39, 0.29) is 0 Å². The molecule has 4 aromatic rings. The molecule has 1 aromatic heterocycles. The molecule has 1 aliphatic rings. The fourth-order valence-electron chi connectivity index (χ4n) is 5.43. The number of hydrogen-bond donors (Lipinski definition) is 0. The van der Waals surface area contributed by atoms with Crippen LogP contribution in [0.4, 0.5) is 0 Å². The van der Waals surface area contributed by atoms with Crippen LogP contribution in [0.1, 0.15) is 36.1 Å². The molecule has 1 atom stereocenters. The molecule has 3 aromatic carbocycles. The van der Waals surface area contributed by atoms with Crippen LogP contribution >= 0.6 is 11.3 Å². The highest BCUT2D eigenvalue weighted by molar-refractivity contribution is 7.17. The number of fused-ring (bicyclic) bond motifs is 1. The molecule has 0 radical (unpaired) electrons. The molecule has 182 valence electrons. The van der Waals surface area contributed by atoms with E-state index >= 15 is 0 Å². The summed E-state index contributed by atoms with van der Waals surface area (Å²) in [5, 5.41) is 3.51. The molecule has 5 rings (SSSR count). The summed E-state index contributed by atoms with van der Waals surface area (Å²) in [5.41, 5.74) is 4.13. The van der Waals surface area contributed by atoms with Crippen molar-refractivity contribution in [2.24, 2.45) is 0 Å². The number of likely N-dealkylation sites (tertiary alicyclic amines) is 1. The molecule has 2 heterocycles. The molecule has 0 spiro atoms. The number of likely N-dealkylation sites (N-methyl/N-ethyl adjacent to an activating group) is 1. The van der Waals surface area contributed by atoms with Gasteiger partial charge in [-0.2, -0.15) is 0 Å². The normalized spacial score (nSPS) is 16.6. The van der Waals surface area contributed by atoms with Gasteiger partial charge in [-0.1, -0.05) is 79.7 Å². The number of ether oxygens (including phenoxy) is 1. The number of benzene rings is 3. The summed E-state index contributed by atoms with van der Waals surface area (Å²) in [6, 6.07) is 31.8. The Bertz CT molecular complexity index is 1140. The van der Waals surface area contributed by atoms with E-state index in [1.54, 1.807) is 11.3 Å². The van der Waals surface area contributed by atoms with Gasteiger partial charge >= 0.3 is 0 Å². The molecule has 1 aliphatic heterocycles. The van der Waals surface area contributed by atoms with Crippen LogP contribution in [0.3, 0.4) is 0 Å². The van der Waals surface area contributed by atoms with Gasteiger partial charge in [0.25, 0.3) is 0 Å². The van der Waals surface area contributed by atoms with Crippen molar-refractivity contribution in [2.75, 3.05) is 39.4 Å². The summed E-state index contributed by atoms with van der Waals surface area (Å²) in [4.78, 5) is 5.28. The van der Waals surface area contributed by atoms with Crippen LogP contribution in [-0.2, 0) is 11.2 Å². The van der Waals surface area contributed by atoms with Gasteiger partial charge in [-0.3, -0.25) is 9.80 Å². The number of hydrogen-bond acceptors (Lipinski definition) is 4. The summed E-state index contributed by atoms with van der Waals surface area (Å²) >= 11 is 1.80. The second kappa shape index (κ2) is 12.0. The van der Waals surface area contributed by atoms with E-state index in [9.17, 15) is 0 Å². The lowest BCUT2D eigenvalue weighted by atomic mass is 9.97. The predicted octanol–water partition coefficient (Wildman–Crippen LogP) is 6.65. The summed E-state index contributed by atoms with van der Waals surface area (Å²) in [5.74, 6) is 0. The third-order valence-corrected chi connectivity index (χ3v) is 8.19. The first kappa shape index (κ1) is 24.2. The maximum absolute atomic E-state index is 6.08. The summed E-state index contributed by atoms with van der Waals surface area (Å²) in [6.45, 7) is 8.16. The van der Waals surface area contributed by atoms with Crippen molar-refractivity contribution in [3.63, 3.8) is 0 Å². The van der Waals surface area contributed by atoms with Crippen LogP contribution in [0.15, 0.2) is 90.3 Å². The lowest BCUT2D eigenvalue weighted by Gasteiger charge is -2.31. The van der Waals surface area contributed by atoms with Gasteiger partial charge in [0.1, 0.15) is 0 Å². The molecular formula is C31H36N2OS. The van der Waals surface area contributed by atoms with E-state index in [2.05, 4.69) is 107 Å². The van der Waals surface area contributed by atoms with Crippen LogP contribution in [0.5, 0.6) is 0 Å². The van der Waals surface area contributed by atoms with Crippen molar-refractivity contribution in [1.82, 2.24) is 9.80 Å². The Morgan fingerprint density at radius 2 is 1.69 bits per heavy atom. The maximum atomic E-state index is 6.08. The van der Waals surface area contributed by atoms with Gasteiger partial charge in [0.2, 0.25) is 0 Å². The standard InChI is InChI=1S/C31H36N2OS/c1-2-32(19-21-34-20-16-25-13-14-30-28(23-25)17-22-35-30)29-15-18-33(24-29)31(26-9-5-3-6-10-26)27-11-7-4-8-12-27/h3-14,17,22-23,29,31H,2,15-16,18-21,24H2,1H3. The quantitative estimate of drug-likeness (QED) is 0.222.